The van der Waals surface area contributed by atoms with Crippen LogP contribution in [0.3, 0.4) is 0 Å². The van der Waals surface area contributed by atoms with Crippen LogP contribution in [0.15, 0.2) is 16.5 Å². The molecule has 1 aromatic carbocycles. The van der Waals surface area contributed by atoms with Gasteiger partial charge in [0.05, 0.1) is 0 Å². The maximum atomic E-state index is 12.3. The molecule has 2 aromatic rings. The third-order valence-corrected chi connectivity index (χ3v) is 4.60. The average Bonchev–Trinajstić information content (AvgIpc) is 2.98. The Morgan fingerprint density at radius 2 is 1.64 bits per heavy atom. The molecular weight excluding hydrogens is 356 g/mol. The fraction of sp³-hybridized carbons (Fsp3) is 0.591. The highest BCUT2D eigenvalue weighted by Crippen LogP contribution is 2.40. The van der Waals surface area contributed by atoms with Crippen LogP contribution in [-0.2, 0) is 26.8 Å². The van der Waals surface area contributed by atoms with Crippen LogP contribution < -0.4 is 0 Å². The van der Waals surface area contributed by atoms with Gasteiger partial charge in [-0.15, -0.1) is 10.2 Å². The molecule has 0 saturated heterocycles. The van der Waals surface area contributed by atoms with Gasteiger partial charge in [0.1, 0.15) is 5.75 Å². The SMILES string of the molecule is Cc1nnc(C(C)OC(=O)CCc2cc(C(C)(C)C)c(O)c(C(C)(C)C)c2)o1. The van der Waals surface area contributed by atoms with Crippen molar-refractivity contribution in [3.05, 3.63) is 40.6 Å². The summed E-state index contributed by atoms with van der Waals surface area (Å²) >= 11 is 0. The summed E-state index contributed by atoms with van der Waals surface area (Å²) in [6.45, 7) is 15.8. The number of carbonyl (C=O) groups excluding carboxylic acids is 1. The lowest BCUT2D eigenvalue weighted by atomic mass is 9.78. The molecule has 1 aromatic heterocycles. The first-order valence-electron chi connectivity index (χ1n) is 9.65. The van der Waals surface area contributed by atoms with Gasteiger partial charge < -0.3 is 14.3 Å². The highest BCUT2D eigenvalue weighted by atomic mass is 16.6. The molecule has 0 bridgehead atoms. The number of ether oxygens (including phenoxy) is 1. The minimum atomic E-state index is -0.580. The highest BCUT2D eigenvalue weighted by molar-refractivity contribution is 5.70. The molecule has 0 fully saturated rings. The number of hydrogen-bond acceptors (Lipinski definition) is 6. The summed E-state index contributed by atoms with van der Waals surface area (Å²) < 4.78 is 10.7. The van der Waals surface area contributed by atoms with Crippen molar-refractivity contribution in [2.45, 2.75) is 85.2 Å². The summed E-state index contributed by atoms with van der Waals surface area (Å²) in [4.78, 5) is 12.3. The van der Waals surface area contributed by atoms with Gasteiger partial charge in [-0.2, -0.15) is 0 Å². The average molecular weight is 389 g/mol. The number of aromatic hydroxyl groups is 1. The number of benzene rings is 1. The second-order valence-corrected chi connectivity index (χ2v) is 9.33. The fourth-order valence-electron chi connectivity index (χ4n) is 3.01. The van der Waals surface area contributed by atoms with Gasteiger partial charge in [0.2, 0.25) is 5.89 Å². The Balaban J connectivity index is 2.16. The van der Waals surface area contributed by atoms with Crippen molar-refractivity contribution in [1.82, 2.24) is 10.2 Å². The van der Waals surface area contributed by atoms with E-state index in [0.29, 0.717) is 24.0 Å². The number of hydrogen-bond donors (Lipinski definition) is 1. The fourth-order valence-corrected chi connectivity index (χ4v) is 3.01. The maximum Gasteiger partial charge on any atom is 0.306 e. The van der Waals surface area contributed by atoms with Crippen molar-refractivity contribution < 1.29 is 19.1 Å². The third kappa shape index (κ3) is 5.33. The molecule has 6 nitrogen and oxygen atoms in total. The normalized spacial score (nSPS) is 13.4. The number of nitrogens with zero attached hydrogens (tertiary/aromatic N) is 2. The molecule has 0 saturated carbocycles. The van der Waals surface area contributed by atoms with Gasteiger partial charge in [0.15, 0.2) is 6.10 Å². The number of aromatic nitrogens is 2. The van der Waals surface area contributed by atoms with E-state index in [-0.39, 0.29) is 23.2 Å². The Labute approximate surface area is 167 Å². The van der Waals surface area contributed by atoms with E-state index in [1.807, 2.05) is 12.1 Å². The van der Waals surface area contributed by atoms with E-state index < -0.39 is 6.10 Å². The van der Waals surface area contributed by atoms with Gasteiger partial charge in [0, 0.05) is 13.3 Å². The predicted octanol–water partition coefficient (Wildman–Crippen LogP) is 4.92. The monoisotopic (exact) mass is 388 g/mol. The topological polar surface area (TPSA) is 85.5 Å². The zero-order valence-electron chi connectivity index (χ0n) is 18.2. The van der Waals surface area contributed by atoms with Gasteiger partial charge >= 0.3 is 5.97 Å². The zero-order valence-corrected chi connectivity index (χ0v) is 18.2. The first-order chi connectivity index (χ1) is 12.8. The van der Waals surface area contributed by atoms with Crippen LogP contribution in [0.2, 0.25) is 0 Å². The van der Waals surface area contributed by atoms with E-state index in [2.05, 4.69) is 51.7 Å². The summed E-state index contributed by atoms with van der Waals surface area (Å²) in [5, 5.41) is 18.4. The molecular formula is C22H32N2O4. The number of phenols is 1. The van der Waals surface area contributed by atoms with Crippen LogP contribution in [0, 0.1) is 6.92 Å². The lowest BCUT2D eigenvalue weighted by Crippen LogP contribution is -2.18. The van der Waals surface area contributed by atoms with Crippen molar-refractivity contribution in [1.29, 1.82) is 0 Å². The number of rotatable bonds is 5. The Hall–Kier alpha value is -2.37. The van der Waals surface area contributed by atoms with Crippen molar-refractivity contribution in [2.75, 3.05) is 0 Å². The molecule has 1 unspecified atom stereocenters. The largest absolute Gasteiger partial charge is 0.507 e. The minimum absolute atomic E-state index is 0.203. The molecule has 0 spiro atoms. The number of aryl methyl sites for hydroxylation is 2. The molecule has 0 aliphatic heterocycles. The Morgan fingerprint density at radius 1 is 1.11 bits per heavy atom. The van der Waals surface area contributed by atoms with Gasteiger partial charge in [-0.3, -0.25) is 4.79 Å². The van der Waals surface area contributed by atoms with E-state index in [1.54, 1.807) is 13.8 Å². The van der Waals surface area contributed by atoms with Crippen LogP contribution in [-0.4, -0.2) is 21.3 Å². The minimum Gasteiger partial charge on any atom is -0.507 e. The molecule has 28 heavy (non-hydrogen) atoms. The molecule has 1 heterocycles. The first-order valence-corrected chi connectivity index (χ1v) is 9.65. The summed E-state index contributed by atoms with van der Waals surface area (Å²) in [5.74, 6) is 0.740. The van der Waals surface area contributed by atoms with Crippen molar-refractivity contribution in [3.63, 3.8) is 0 Å². The third-order valence-electron chi connectivity index (χ3n) is 4.60. The van der Waals surface area contributed by atoms with E-state index >= 15 is 0 Å². The van der Waals surface area contributed by atoms with E-state index in [4.69, 9.17) is 9.15 Å². The van der Waals surface area contributed by atoms with Gasteiger partial charge in [-0.25, -0.2) is 0 Å². The smallest absolute Gasteiger partial charge is 0.306 e. The molecule has 0 aliphatic carbocycles. The lowest BCUT2D eigenvalue weighted by molar-refractivity contribution is -0.149. The van der Waals surface area contributed by atoms with Crippen molar-refractivity contribution in [2.24, 2.45) is 0 Å². The molecule has 1 N–H and O–H groups in total. The quantitative estimate of drug-likeness (QED) is 0.732. The Morgan fingerprint density at radius 3 is 2.07 bits per heavy atom. The Bertz CT molecular complexity index is 806. The summed E-state index contributed by atoms with van der Waals surface area (Å²) in [7, 11) is 0. The van der Waals surface area contributed by atoms with Crippen LogP contribution in [0.4, 0.5) is 0 Å². The Kier molecular flexibility index (Phi) is 6.21. The molecule has 1 atom stereocenters. The molecule has 0 aliphatic rings. The molecule has 0 amide bonds. The summed E-state index contributed by atoms with van der Waals surface area (Å²) in [6, 6.07) is 3.98. The number of esters is 1. The summed E-state index contributed by atoms with van der Waals surface area (Å²) in [5.41, 5.74) is 2.37. The van der Waals surface area contributed by atoms with Gasteiger partial charge in [-0.1, -0.05) is 53.7 Å². The molecule has 6 heteroatoms. The van der Waals surface area contributed by atoms with E-state index in [1.165, 1.54) is 0 Å². The standard InChI is InChI=1S/C22H32N2O4/c1-13(20-24-23-14(2)28-20)27-18(25)10-9-15-11-16(21(3,4)5)19(26)17(12-15)22(6,7)8/h11-13,26H,9-10H2,1-8H3. The van der Waals surface area contributed by atoms with Crippen LogP contribution in [0.1, 0.15) is 89.5 Å². The molecule has 2 rings (SSSR count). The first kappa shape index (κ1) is 21.9. The second kappa shape index (κ2) is 7.94. The lowest BCUT2D eigenvalue weighted by Gasteiger charge is -2.28. The van der Waals surface area contributed by atoms with Crippen LogP contribution >= 0.6 is 0 Å². The van der Waals surface area contributed by atoms with E-state index in [9.17, 15) is 9.90 Å². The van der Waals surface area contributed by atoms with Gasteiger partial charge in [0.25, 0.3) is 5.89 Å². The number of carbonyl (C=O) groups is 1. The van der Waals surface area contributed by atoms with Crippen molar-refractivity contribution >= 4 is 5.97 Å². The second-order valence-electron chi connectivity index (χ2n) is 9.33. The van der Waals surface area contributed by atoms with E-state index in [0.717, 1.165) is 16.7 Å². The van der Waals surface area contributed by atoms with Crippen LogP contribution in [0.25, 0.3) is 0 Å². The highest BCUT2D eigenvalue weighted by Gasteiger charge is 2.26. The molecule has 0 radical (unpaired) electrons. The van der Waals surface area contributed by atoms with Crippen LogP contribution in [0.5, 0.6) is 5.75 Å². The number of phenolic OH excluding ortho intramolecular Hbond substituents is 1. The predicted molar refractivity (Wildman–Crippen MR) is 107 cm³/mol. The summed E-state index contributed by atoms with van der Waals surface area (Å²) in [6.07, 6.45) is 0.180. The van der Waals surface area contributed by atoms with Crippen molar-refractivity contribution in [3.8, 4) is 5.75 Å². The molecule has 154 valence electrons. The van der Waals surface area contributed by atoms with Gasteiger partial charge in [-0.05, 0) is 40.9 Å². The zero-order chi connectivity index (χ0) is 21.3. The maximum absolute atomic E-state index is 12.3.